The predicted molar refractivity (Wildman–Crippen MR) is 140 cm³/mol. The number of nitrogens with one attached hydrogen (secondary N) is 1. The number of ether oxygens (including phenoxy) is 2. The molecule has 1 aliphatic rings. The van der Waals surface area contributed by atoms with Crippen molar-refractivity contribution in [2.24, 2.45) is 0 Å². The fraction of sp³-hybridized carbons (Fsp3) is 0.308. The van der Waals surface area contributed by atoms with Crippen molar-refractivity contribution in [3.63, 3.8) is 0 Å². The summed E-state index contributed by atoms with van der Waals surface area (Å²) in [6.07, 6.45) is 1.46. The lowest BCUT2D eigenvalue weighted by Gasteiger charge is -2.43. The summed E-state index contributed by atoms with van der Waals surface area (Å²) in [5.74, 6) is 0. The van der Waals surface area contributed by atoms with E-state index in [0.29, 0.717) is 0 Å². The molecule has 184 valence electrons. The predicted octanol–water partition coefficient (Wildman–Crippen LogP) is 3.19. The lowest BCUT2D eigenvalue weighted by Crippen LogP contribution is -2.67. The Morgan fingerprint density at radius 2 is 1.69 bits per heavy atom. The van der Waals surface area contributed by atoms with Crippen LogP contribution in [-0.2, 0) is 13.9 Å². The van der Waals surface area contributed by atoms with Crippen LogP contribution in [0.5, 0.6) is 0 Å². The van der Waals surface area contributed by atoms with Crippen molar-refractivity contribution in [3.05, 3.63) is 98.8 Å². The summed E-state index contributed by atoms with van der Waals surface area (Å²) in [6, 6.07) is 20.6. The summed E-state index contributed by atoms with van der Waals surface area (Å²) in [4.78, 5) is 26.7. The van der Waals surface area contributed by atoms with Crippen LogP contribution in [0, 0.1) is 0 Å². The van der Waals surface area contributed by atoms with Crippen LogP contribution < -0.4 is 21.6 Å². The first-order valence-corrected chi connectivity index (χ1v) is 13.7. The SMILES string of the molecule is CC(C)(C)[Si](OCC1OCC(n2cc(C=CCl)c(=O)[nH]c2=O)O1)(c1ccccc1)c1ccccc1. The molecule has 1 aliphatic heterocycles. The van der Waals surface area contributed by atoms with Gasteiger partial charge in [0.05, 0.1) is 18.8 Å². The Labute approximate surface area is 210 Å². The third-order valence-corrected chi connectivity index (χ3v) is 11.3. The zero-order valence-electron chi connectivity index (χ0n) is 19.9. The molecule has 2 unspecified atom stereocenters. The van der Waals surface area contributed by atoms with Gasteiger partial charge in [0, 0.05) is 11.7 Å². The smallest absolute Gasteiger partial charge is 0.330 e. The average Bonchev–Trinajstić information content (AvgIpc) is 3.30. The molecule has 2 atom stereocenters. The van der Waals surface area contributed by atoms with Crippen LogP contribution >= 0.6 is 11.6 Å². The Morgan fingerprint density at radius 1 is 1.09 bits per heavy atom. The third kappa shape index (κ3) is 5.12. The normalized spacial score (nSPS) is 18.9. The van der Waals surface area contributed by atoms with Crippen molar-refractivity contribution in [3.8, 4) is 0 Å². The van der Waals surface area contributed by atoms with Crippen molar-refractivity contribution < 1.29 is 13.9 Å². The zero-order chi connectivity index (χ0) is 25.1. The van der Waals surface area contributed by atoms with Gasteiger partial charge in [-0.2, -0.15) is 0 Å². The minimum Gasteiger partial charge on any atom is -0.402 e. The van der Waals surface area contributed by atoms with Crippen LogP contribution in [0.25, 0.3) is 6.08 Å². The summed E-state index contributed by atoms with van der Waals surface area (Å²) < 4.78 is 20.1. The van der Waals surface area contributed by atoms with Gasteiger partial charge >= 0.3 is 5.69 Å². The van der Waals surface area contributed by atoms with Crippen molar-refractivity contribution in [1.82, 2.24) is 9.55 Å². The van der Waals surface area contributed by atoms with Gasteiger partial charge in [-0.1, -0.05) is 93.0 Å². The van der Waals surface area contributed by atoms with Gasteiger partial charge < -0.3 is 13.9 Å². The molecule has 1 fully saturated rings. The maximum absolute atomic E-state index is 12.4. The topological polar surface area (TPSA) is 82.5 Å². The highest BCUT2D eigenvalue weighted by atomic mass is 35.5. The molecular formula is C26H29ClN2O5Si. The Bertz CT molecular complexity index is 1250. The quantitative estimate of drug-likeness (QED) is 0.492. The number of aromatic amines is 1. The second kappa shape index (κ2) is 10.5. The molecule has 4 rings (SSSR count). The van der Waals surface area contributed by atoms with Crippen LogP contribution in [-0.4, -0.2) is 37.4 Å². The van der Waals surface area contributed by atoms with Gasteiger partial charge in [-0.05, 0) is 21.5 Å². The van der Waals surface area contributed by atoms with Gasteiger partial charge in [0.15, 0.2) is 12.5 Å². The molecule has 7 nitrogen and oxygen atoms in total. The molecule has 2 aromatic carbocycles. The highest BCUT2D eigenvalue weighted by Gasteiger charge is 2.50. The summed E-state index contributed by atoms with van der Waals surface area (Å²) in [5.41, 5.74) is 0.360. The van der Waals surface area contributed by atoms with E-state index in [4.69, 9.17) is 25.5 Å². The minimum atomic E-state index is -2.76. The Balaban J connectivity index is 1.61. The molecule has 0 aliphatic carbocycles. The Morgan fingerprint density at radius 3 is 2.23 bits per heavy atom. The molecule has 0 bridgehead atoms. The summed E-state index contributed by atoms with van der Waals surface area (Å²) >= 11 is 5.62. The van der Waals surface area contributed by atoms with E-state index in [2.05, 4.69) is 50.0 Å². The molecule has 1 N–H and O–H groups in total. The van der Waals surface area contributed by atoms with E-state index >= 15 is 0 Å². The number of benzene rings is 2. The maximum Gasteiger partial charge on any atom is 0.330 e. The minimum absolute atomic E-state index is 0.144. The zero-order valence-corrected chi connectivity index (χ0v) is 21.7. The lowest BCUT2D eigenvalue weighted by atomic mass is 10.2. The summed E-state index contributed by atoms with van der Waals surface area (Å²) in [6.45, 7) is 6.93. The second-order valence-electron chi connectivity index (χ2n) is 9.37. The van der Waals surface area contributed by atoms with Gasteiger partial charge in [-0.15, -0.1) is 0 Å². The lowest BCUT2D eigenvalue weighted by molar-refractivity contribution is -0.0956. The third-order valence-electron chi connectivity index (χ3n) is 6.13. The van der Waals surface area contributed by atoms with Crippen molar-refractivity contribution >= 4 is 36.4 Å². The van der Waals surface area contributed by atoms with Crippen molar-refractivity contribution in [2.45, 2.75) is 38.3 Å². The fourth-order valence-corrected chi connectivity index (χ4v) is 9.21. The van der Waals surface area contributed by atoms with E-state index < -0.39 is 32.1 Å². The number of hydrogen-bond acceptors (Lipinski definition) is 5. The van der Waals surface area contributed by atoms with Crippen LogP contribution in [0.2, 0.25) is 5.04 Å². The number of halogens is 1. The van der Waals surface area contributed by atoms with Gasteiger partial charge in [-0.25, -0.2) is 4.79 Å². The van der Waals surface area contributed by atoms with E-state index in [1.165, 1.54) is 22.4 Å². The van der Waals surface area contributed by atoms with Crippen LogP contribution in [0.1, 0.15) is 32.6 Å². The van der Waals surface area contributed by atoms with Gasteiger partial charge in [-0.3, -0.25) is 14.3 Å². The number of rotatable bonds is 7. The molecule has 2 heterocycles. The second-order valence-corrected chi connectivity index (χ2v) is 13.9. The molecular weight excluding hydrogens is 484 g/mol. The standard InChI is InChI=1S/C26H29ClN2O5Si/c1-26(2,3)35(20-10-6-4-7-11-20,21-12-8-5-9-13-21)33-18-23-32-17-22(34-23)29-16-19(14-15-27)24(30)28-25(29)31/h4-16,22-23H,17-18H2,1-3H3,(H,28,30,31). The van der Waals surface area contributed by atoms with E-state index in [-0.39, 0.29) is 23.8 Å². The van der Waals surface area contributed by atoms with Crippen LogP contribution in [0.3, 0.4) is 0 Å². The van der Waals surface area contributed by atoms with Crippen LogP contribution in [0.4, 0.5) is 0 Å². The molecule has 1 saturated heterocycles. The monoisotopic (exact) mass is 512 g/mol. The highest BCUT2D eigenvalue weighted by molar-refractivity contribution is 6.99. The first-order chi connectivity index (χ1) is 16.8. The van der Waals surface area contributed by atoms with Crippen molar-refractivity contribution in [1.29, 1.82) is 0 Å². The molecule has 0 spiro atoms. The van der Waals surface area contributed by atoms with Gasteiger partial charge in [0.25, 0.3) is 13.9 Å². The summed E-state index contributed by atoms with van der Waals surface area (Å²) in [7, 11) is -2.76. The Hall–Kier alpha value is -2.75. The van der Waals surface area contributed by atoms with Gasteiger partial charge in [0.1, 0.15) is 0 Å². The number of aromatic nitrogens is 2. The number of hydrogen-bond donors (Lipinski definition) is 1. The van der Waals surface area contributed by atoms with E-state index in [1.54, 1.807) is 0 Å². The van der Waals surface area contributed by atoms with Gasteiger partial charge in [0.2, 0.25) is 0 Å². The van der Waals surface area contributed by atoms with E-state index in [1.807, 2.05) is 36.4 Å². The van der Waals surface area contributed by atoms with Crippen LogP contribution in [0.15, 0.2) is 82.0 Å². The molecule has 9 heteroatoms. The average molecular weight is 513 g/mol. The molecule has 35 heavy (non-hydrogen) atoms. The molecule has 1 aromatic heterocycles. The first-order valence-electron chi connectivity index (χ1n) is 11.4. The molecule has 0 saturated carbocycles. The Kier molecular flexibility index (Phi) is 7.58. The number of H-pyrrole nitrogens is 1. The van der Waals surface area contributed by atoms with E-state index in [0.717, 1.165) is 10.4 Å². The molecule has 0 radical (unpaired) electrons. The molecule has 0 amide bonds. The summed E-state index contributed by atoms with van der Waals surface area (Å²) in [5, 5.41) is 2.12. The maximum atomic E-state index is 12.4. The fourth-order valence-electron chi connectivity index (χ4n) is 4.53. The van der Waals surface area contributed by atoms with Crippen molar-refractivity contribution in [2.75, 3.05) is 13.2 Å². The first kappa shape index (κ1) is 25.3. The molecule has 3 aromatic rings. The largest absolute Gasteiger partial charge is 0.402 e. The number of nitrogens with zero attached hydrogens (tertiary/aromatic N) is 1. The van der Waals surface area contributed by atoms with E-state index in [9.17, 15) is 9.59 Å². The highest BCUT2D eigenvalue weighted by Crippen LogP contribution is 2.37.